The molecule has 4 heterocycles. The zero-order valence-corrected chi connectivity index (χ0v) is 17.7. The van der Waals surface area contributed by atoms with Gasteiger partial charge in [0.25, 0.3) is 0 Å². The largest absolute Gasteiger partial charge is 0.461 e. The molecule has 0 fully saturated rings. The van der Waals surface area contributed by atoms with Crippen LogP contribution in [0.4, 0.5) is 0 Å². The molecule has 0 radical (unpaired) electrons. The molecule has 0 atom stereocenters. The molecule has 0 saturated carbocycles. The van der Waals surface area contributed by atoms with Gasteiger partial charge in [-0.25, -0.2) is 9.78 Å². The number of halogens is 1. The second kappa shape index (κ2) is 6.90. The molecule has 31 heavy (non-hydrogen) atoms. The van der Waals surface area contributed by atoms with E-state index in [2.05, 4.69) is 10.1 Å². The molecule has 0 amide bonds. The van der Waals surface area contributed by atoms with Crippen molar-refractivity contribution in [1.29, 1.82) is 0 Å². The summed E-state index contributed by atoms with van der Waals surface area (Å²) >= 11 is 7.51. The molecule has 0 aliphatic heterocycles. The molecule has 0 bridgehead atoms. The lowest BCUT2D eigenvalue weighted by molar-refractivity contribution is 0.0972. The Labute approximate surface area is 184 Å². The van der Waals surface area contributed by atoms with Crippen LogP contribution in [0.2, 0.25) is 5.02 Å². The number of rotatable bonds is 4. The van der Waals surface area contributed by atoms with Gasteiger partial charge in [0.1, 0.15) is 4.83 Å². The van der Waals surface area contributed by atoms with Gasteiger partial charge in [0.05, 0.1) is 18.2 Å². The fourth-order valence-electron chi connectivity index (χ4n) is 4.14. The smallest absolute Gasteiger partial charge is 0.352 e. The fourth-order valence-corrected chi connectivity index (χ4v) is 5.64. The van der Waals surface area contributed by atoms with E-state index >= 15 is 0 Å². The van der Waals surface area contributed by atoms with E-state index in [-0.39, 0.29) is 12.3 Å². The molecule has 9 heteroatoms. The number of fused-ring (bicyclic) bond motifs is 5. The van der Waals surface area contributed by atoms with Crippen molar-refractivity contribution in [3.63, 3.8) is 0 Å². The quantitative estimate of drug-likeness (QED) is 0.379. The van der Waals surface area contributed by atoms with Crippen LogP contribution in [0.5, 0.6) is 0 Å². The van der Waals surface area contributed by atoms with E-state index in [9.17, 15) is 9.59 Å². The number of furan rings is 1. The highest BCUT2D eigenvalue weighted by atomic mass is 35.5. The number of carbonyl (C=O) groups excluding carboxylic acids is 1. The standard InChI is InChI=1S/C22H15ClN4O3S/c23-13-8-6-12(7-9-13)15(28)11-26-21-18(14-3-1-5-17(14)31-21)20-24-19(16-4-2-10-30-16)25-27(20)22(26)29/h2,4,6-10H,1,3,5,11H2. The molecule has 7 nitrogen and oxygen atoms in total. The predicted molar refractivity (Wildman–Crippen MR) is 118 cm³/mol. The molecule has 4 aromatic heterocycles. The van der Waals surface area contributed by atoms with Crippen LogP contribution >= 0.6 is 22.9 Å². The van der Waals surface area contributed by atoms with Gasteiger partial charge in [-0.3, -0.25) is 9.36 Å². The van der Waals surface area contributed by atoms with Gasteiger partial charge in [0.2, 0.25) is 5.82 Å². The number of aromatic nitrogens is 4. The maximum absolute atomic E-state index is 13.4. The lowest BCUT2D eigenvalue weighted by atomic mass is 10.1. The third-order valence-corrected chi connectivity index (χ3v) is 7.17. The van der Waals surface area contributed by atoms with Gasteiger partial charge in [0, 0.05) is 15.5 Å². The Hall–Kier alpha value is -3.23. The fraction of sp³-hybridized carbons (Fsp3) is 0.182. The number of Topliss-reactive ketones (excluding diaryl/α,β-unsaturated/α-hetero) is 1. The minimum absolute atomic E-state index is 0.0811. The predicted octanol–water partition coefficient (Wildman–Crippen LogP) is 4.39. The van der Waals surface area contributed by atoms with E-state index < -0.39 is 5.69 Å². The minimum atomic E-state index is -0.393. The van der Waals surface area contributed by atoms with Crippen molar-refractivity contribution in [3.05, 3.63) is 74.2 Å². The molecule has 0 N–H and O–H groups in total. The van der Waals surface area contributed by atoms with Crippen LogP contribution < -0.4 is 5.69 Å². The summed E-state index contributed by atoms with van der Waals surface area (Å²) < 4.78 is 8.24. The first-order valence-corrected chi connectivity index (χ1v) is 11.1. The molecule has 1 aliphatic rings. The van der Waals surface area contributed by atoms with Gasteiger partial charge in [-0.1, -0.05) is 11.6 Å². The van der Waals surface area contributed by atoms with Crippen molar-refractivity contribution in [2.45, 2.75) is 25.8 Å². The number of nitrogens with zero attached hydrogens (tertiary/aromatic N) is 4. The van der Waals surface area contributed by atoms with E-state index in [4.69, 9.17) is 16.0 Å². The Balaban J connectivity index is 1.58. The number of hydrogen-bond donors (Lipinski definition) is 0. The third kappa shape index (κ3) is 2.86. The number of aryl methyl sites for hydroxylation is 2. The number of ketones is 1. The number of thiophene rings is 1. The van der Waals surface area contributed by atoms with E-state index in [1.165, 1.54) is 19.5 Å². The molecule has 0 saturated heterocycles. The van der Waals surface area contributed by atoms with Gasteiger partial charge >= 0.3 is 5.69 Å². The van der Waals surface area contributed by atoms with Gasteiger partial charge in [-0.15, -0.1) is 16.4 Å². The average molecular weight is 451 g/mol. The Kier molecular flexibility index (Phi) is 4.12. The number of benzene rings is 1. The highest BCUT2D eigenvalue weighted by Crippen LogP contribution is 2.38. The summed E-state index contributed by atoms with van der Waals surface area (Å²) in [6.07, 6.45) is 4.52. The zero-order chi connectivity index (χ0) is 21.1. The first-order valence-electron chi connectivity index (χ1n) is 9.86. The van der Waals surface area contributed by atoms with Crippen LogP contribution in [0.1, 0.15) is 27.2 Å². The molecular weight excluding hydrogens is 436 g/mol. The Bertz CT molecular complexity index is 1530. The second-order valence-electron chi connectivity index (χ2n) is 7.48. The summed E-state index contributed by atoms with van der Waals surface area (Å²) in [6.45, 7) is -0.0811. The van der Waals surface area contributed by atoms with Crippen LogP contribution in [0, 0.1) is 0 Å². The Morgan fingerprint density at radius 1 is 1.19 bits per heavy atom. The van der Waals surface area contributed by atoms with Crippen molar-refractivity contribution >= 4 is 44.6 Å². The van der Waals surface area contributed by atoms with Crippen molar-refractivity contribution in [3.8, 4) is 11.6 Å². The lowest BCUT2D eigenvalue weighted by Gasteiger charge is -2.08. The summed E-state index contributed by atoms with van der Waals surface area (Å²) in [7, 11) is 0. The van der Waals surface area contributed by atoms with Crippen LogP contribution in [-0.4, -0.2) is 24.9 Å². The molecule has 1 aliphatic carbocycles. The maximum atomic E-state index is 13.4. The van der Waals surface area contributed by atoms with E-state index in [0.717, 1.165) is 29.5 Å². The minimum Gasteiger partial charge on any atom is -0.461 e. The van der Waals surface area contributed by atoms with Gasteiger partial charge in [0.15, 0.2) is 17.2 Å². The molecular formula is C22H15ClN4O3S. The number of carbonyl (C=O) groups is 1. The maximum Gasteiger partial charge on any atom is 0.352 e. The lowest BCUT2D eigenvalue weighted by Crippen LogP contribution is -2.30. The van der Waals surface area contributed by atoms with Gasteiger partial charge in [-0.2, -0.15) is 4.52 Å². The molecule has 154 valence electrons. The molecule has 0 spiro atoms. The Morgan fingerprint density at radius 2 is 2.03 bits per heavy atom. The van der Waals surface area contributed by atoms with Crippen molar-refractivity contribution < 1.29 is 9.21 Å². The zero-order valence-electron chi connectivity index (χ0n) is 16.2. The first kappa shape index (κ1) is 18.5. The molecule has 0 unspecified atom stereocenters. The van der Waals surface area contributed by atoms with Crippen LogP contribution in [0.3, 0.4) is 0 Å². The van der Waals surface area contributed by atoms with Gasteiger partial charge in [-0.05, 0) is 61.2 Å². The summed E-state index contributed by atoms with van der Waals surface area (Å²) in [6, 6.07) is 10.2. The summed E-state index contributed by atoms with van der Waals surface area (Å²) in [4.78, 5) is 33.0. The summed E-state index contributed by atoms with van der Waals surface area (Å²) in [5.41, 5.74) is 1.83. The normalized spacial score (nSPS) is 13.3. The number of hydrogen-bond acceptors (Lipinski definition) is 6. The summed E-state index contributed by atoms with van der Waals surface area (Å²) in [5.74, 6) is 0.675. The Morgan fingerprint density at radius 3 is 2.81 bits per heavy atom. The molecule has 6 rings (SSSR count). The van der Waals surface area contributed by atoms with Gasteiger partial charge < -0.3 is 4.42 Å². The highest BCUT2D eigenvalue weighted by molar-refractivity contribution is 7.19. The van der Waals surface area contributed by atoms with Crippen LogP contribution in [0.15, 0.2) is 51.9 Å². The first-order chi connectivity index (χ1) is 15.1. The van der Waals surface area contributed by atoms with Crippen LogP contribution in [0.25, 0.3) is 27.4 Å². The summed E-state index contributed by atoms with van der Waals surface area (Å²) in [5, 5.41) is 5.88. The van der Waals surface area contributed by atoms with E-state index in [0.29, 0.717) is 27.8 Å². The monoisotopic (exact) mass is 450 g/mol. The van der Waals surface area contributed by atoms with Crippen molar-refractivity contribution in [1.82, 2.24) is 19.2 Å². The van der Waals surface area contributed by atoms with Crippen molar-refractivity contribution in [2.75, 3.05) is 0 Å². The third-order valence-electron chi connectivity index (χ3n) is 5.60. The van der Waals surface area contributed by atoms with Crippen LogP contribution in [-0.2, 0) is 19.4 Å². The SMILES string of the molecule is O=C(Cn1c(=O)n2nc(-c3ccco3)nc2c2c3c(sc21)CCC3)c1ccc(Cl)cc1. The average Bonchev–Trinajstić information content (AvgIpc) is 3.54. The highest BCUT2D eigenvalue weighted by Gasteiger charge is 2.26. The van der Waals surface area contributed by atoms with E-state index in [1.807, 2.05) is 0 Å². The van der Waals surface area contributed by atoms with E-state index in [1.54, 1.807) is 54.0 Å². The second-order valence-corrected chi connectivity index (χ2v) is 9.00. The molecule has 5 aromatic rings. The topological polar surface area (TPSA) is 82.4 Å². The molecule has 1 aromatic carbocycles. The van der Waals surface area contributed by atoms with Crippen molar-refractivity contribution in [2.24, 2.45) is 0 Å².